The van der Waals surface area contributed by atoms with Crippen LogP contribution in [0.4, 0.5) is 0 Å². The van der Waals surface area contributed by atoms with Crippen LogP contribution in [-0.4, -0.2) is 6.61 Å². The van der Waals surface area contributed by atoms with Gasteiger partial charge in [0.15, 0.2) is 0 Å². The minimum absolute atomic E-state index is 0.630. The van der Waals surface area contributed by atoms with Gasteiger partial charge in [-0.1, -0.05) is 52.2 Å². The lowest BCUT2D eigenvalue weighted by atomic mass is 10.0. The Morgan fingerprint density at radius 3 is 2.00 bits per heavy atom. The van der Waals surface area contributed by atoms with Gasteiger partial charge in [-0.25, -0.2) is 0 Å². The van der Waals surface area contributed by atoms with Crippen LogP contribution in [0.1, 0.15) is 65.2 Å². The molecule has 0 aromatic rings. The van der Waals surface area contributed by atoms with E-state index in [9.17, 15) is 0 Å². The second-order valence-electron chi connectivity index (χ2n) is 4.31. The van der Waals surface area contributed by atoms with E-state index in [1.54, 1.807) is 6.08 Å². The van der Waals surface area contributed by atoms with Gasteiger partial charge >= 0.3 is 0 Å². The molecule has 16 heavy (non-hydrogen) atoms. The molecule has 0 bridgehead atoms. The predicted molar refractivity (Wildman–Crippen MR) is 72.5 cm³/mol. The fraction of sp³-hybridized carbons (Fsp3) is 0.733. The summed E-state index contributed by atoms with van der Waals surface area (Å²) in [5, 5.41) is 0. The first-order valence-corrected chi connectivity index (χ1v) is 6.75. The average molecular weight is 224 g/mol. The van der Waals surface area contributed by atoms with Gasteiger partial charge in [-0.3, -0.25) is 0 Å². The van der Waals surface area contributed by atoms with Crippen LogP contribution in [0.25, 0.3) is 0 Å². The maximum Gasteiger partial charge on any atom is 0.105 e. The van der Waals surface area contributed by atoms with E-state index >= 15 is 0 Å². The van der Waals surface area contributed by atoms with E-state index in [0.717, 1.165) is 0 Å². The van der Waals surface area contributed by atoms with Crippen molar-refractivity contribution >= 4 is 0 Å². The van der Waals surface area contributed by atoms with E-state index in [1.165, 1.54) is 56.9 Å². The van der Waals surface area contributed by atoms with Crippen molar-refractivity contribution in [2.45, 2.75) is 65.2 Å². The summed E-state index contributed by atoms with van der Waals surface area (Å²) in [6.07, 6.45) is 14.0. The van der Waals surface area contributed by atoms with Gasteiger partial charge < -0.3 is 4.74 Å². The maximum absolute atomic E-state index is 5.43. The summed E-state index contributed by atoms with van der Waals surface area (Å²) in [6, 6.07) is 0. The summed E-state index contributed by atoms with van der Waals surface area (Å²) in [6.45, 7) is 8.77. The first-order valence-electron chi connectivity index (χ1n) is 6.75. The maximum atomic E-state index is 5.43. The molecule has 0 aliphatic carbocycles. The molecule has 0 fully saturated rings. The first-order chi connectivity index (χ1) is 7.85. The van der Waals surface area contributed by atoms with Gasteiger partial charge in [-0.2, -0.15) is 0 Å². The minimum atomic E-state index is 0.630. The minimum Gasteiger partial charge on any atom is -0.497 e. The normalized spacial score (nSPS) is 9.88. The number of hydrogen-bond donors (Lipinski definition) is 0. The molecule has 1 heteroatoms. The van der Waals surface area contributed by atoms with Gasteiger partial charge in [-0.05, 0) is 31.3 Å². The highest BCUT2D eigenvalue weighted by Gasteiger charge is 1.98. The summed E-state index contributed by atoms with van der Waals surface area (Å²) in [5.74, 6) is 0. The molecule has 0 heterocycles. The number of unbranched alkanes of at least 4 members (excludes halogenated alkanes) is 4. The number of allylic oxidation sites excluding steroid dienone is 1. The van der Waals surface area contributed by atoms with Gasteiger partial charge in [0.05, 0.1) is 6.26 Å². The highest BCUT2D eigenvalue weighted by Crippen LogP contribution is 2.16. The molecule has 0 aromatic heterocycles. The largest absolute Gasteiger partial charge is 0.497 e. The van der Waals surface area contributed by atoms with Gasteiger partial charge in [0.1, 0.15) is 6.61 Å². The number of rotatable bonds is 11. The predicted octanol–water partition coefficient (Wildman–Crippen LogP) is 5.23. The van der Waals surface area contributed by atoms with Crippen molar-refractivity contribution in [3.8, 4) is 0 Å². The molecule has 0 radical (unpaired) electrons. The van der Waals surface area contributed by atoms with Crippen molar-refractivity contribution in [3.05, 3.63) is 24.5 Å². The van der Waals surface area contributed by atoms with Crippen LogP contribution in [0.2, 0.25) is 0 Å². The molecule has 0 aliphatic rings. The molecule has 0 N–H and O–H groups in total. The van der Waals surface area contributed by atoms with Gasteiger partial charge in [0, 0.05) is 0 Å². The molecule has 1 nitrogen and oxygen atoms in total. The molecule has 0 amide bonds. The molecule has 0 atom stereocenters. The third-order valence-corrected chi connectivity index (χ3v) is 2.67. The van der Waals surface area contributed by atoms with Crippen LogP contribution in [0.3, 0.4) is 0 Å². The standard InChI is InChI=1S/C15H28O/c1-4-7-9-11-15(12-10-8-5-2)14-16-13-6-3/h6,14H,3-5,7-13H2,1-2H3. The van der Waals surface area contributed by atoms with Gasteiger partial charge in [0.2, 0.25) is 0 Å². The average Bonchev–Trinajstić information content (AvgIpc) is 2.29. The van der Waals surface area contributed by atoms with E-state index < -0.39 is 0 Å². The van der Waals surface area contributed by atoms with E-state index in [2.05, 4.69) is 20.4 Å². The molecular formula is C15H28O. The number of ether oxygens (including phenoxy) is 1. The first kappa shape index (κ1) is 15.3. The highest BCUT2D eigenvalue weighted by molar-refractivity contribution is 4.98. The van der Waals surface area contributed by atoms with E-state index in [1.807, 2.05) is 6.26 Å². The van der Waals surface area contributed by atoms with Crippen LogP contribution < -0.4 is 0 Å². The molecule has 0 saturated heterocycles. The quantitative estimate of drug-likeness (QED) is 0.265. The van der Waals surface area contributed by atoms with E-state index in [-0.39, 0.29) is 0 Å². The fourth-order valence-electron chi connectivity index (χ4n) is 1.68. The van der Waals surface area contributed by atoms with Crippen molar-refractivity contribution in [1.82, 2.24) is 0 Å². The fourth-order valence-corrected chi connectivity index (χ4v) is 1.68. The van der Waals surface area contributed by atoms with Crippen LogP contribution in [0.15, 0.2) is 24.5 Å². The lowest BCUT2D eigenvalue weighted by Crippen LogP contribution is -1.90. The molecule has 0 rings (SSSR count). The molecular weight excluding hydrogens is 196 g/mol. The molecule has 0 spiro atoms. The summed E-state index contributed by atoms with van der Waals surface area (Å²) in [5.41, 5.74) is 1.48. The lowest BCUT2D eigenvalue weighted by molar-refractivity contribution is 0.283. The summed E-state index contributed by atoms with van der Waals surface area (Å²) in [4.78, 5) is 0. The molecule has 94 valence electrons. The topological polar surface area (TPSA) is 9.23 Å². The van der Waals surface area contributed by atoms with Crippen LogP contribution >= 0.6 is 0 Å². The van der Waals surface area contributed by atoms with E-state index in [0.29, 0.717) is 6.61 Å². The zero-order chi connectivity index (χ0) is 12.1. The summed E-state index contributed by atoms with van der Waals surface area (Å²) in [7, 11) is 0. The van der Waals surface area contributed by atoms with E-state index in [4.69, 9.17) is 4.74 Å². The Morgan fingerprint density at radius 2 is 1.56 bits per heavy atom. The second-order valence-corrected chi connectivity index (χ2v) is 4.31. The van der Waals surface area contributed by atoms with Crippen LogP contribution in [0.5, 0.6) is 0 Å². The zero-order valence-corrected chi connectivity index (χ0v) is 11.1. The third kappa shape index (κ3) is 9.82. The molecule has 0 aliphatic heterocycles. The second kappa shape index (κ2) is 12.4. The Kier molecular flexibility index (Phi) is 11.8. The SMILES string of the molecule is C=CCOC=C(CCCCC)CCCCC. The van der Waals surface area contributed by atoms with Crippen molar-refractivity contribution in [3.63, 3.8) is 0 Å². The Morgan fingerprint density at radius 1 is 1.00 bits per heavy atom. The monoisotopic (exact) mass is 224 g/mol. The van der Waals surface area contributed by atoms with Gasteiger partial charge in [0.25, 0.3) is 0 Å². The van der Waals surface area contributed by atoms with Gasteiger partial charge in [-0.15, -0.1) is 0 Å². The van der Waals surface area contributed by atoms with Crippen molar-refractivity contribution < 1.29 is 4.74 Å². The van der Waals surface area contributed by atoms with Crippen molar-refractivity contribution in [2.24, 2.45) is 0 Å². The smallest absolute Gasteiger partial charge is 0.105 e. The van der Waals surface area contributed by atoms with Crippen LogP contribution in [-0.2, 0) is 4.74 Å². The molecule has 0 saturated carbocycles. The summed E-state index contributed by atoms with van der Waals surface area (Å²) < 4.78 is 5.43. The van der Waals surface area contributed by atoms with Crippen molar-refractivity contribution in [1.29, 1.82) is 0 Å². The summed E-state index contributed by atoms with van der Waals surface area (Å²) >= 11 is 0. The number of hydrogen-bond acceptors (Lipinski definition) is 1. The Labute approximate surface area is 102 Å². The zero-order valence-electron chi connectivity index (χ0n) is 11.1. The lowest BCUT2D eigenvalue weighted by Gasteiger charge is -2.07. The Bertz CT molecular complexity index is 170. The van der Waals surface area contributed by atoms with Crippen LogP contribution in [0, 0.1) is 0 Å². The third-order valence-electron chi connectivity index (χ3n) is 2.67. The van der Waals surface area contributed by atoms with Crippen molar-refractivity contribution in [2.75, 3.05) is 6.61 Å². The highest BCUT2D eigenvalue weighted by atomic mass is 16.5. The Balaban J connectivity index is 3.83. The Hall–Kier alpha value is -0.720. The molecule has 0 unspecified atom stereocenters. The molecule has 0 aromatic carbocycles.